The molecule has 3 N–H and O–H groups in total. The zero-order chi connectivity index (χ0) is 13.6. The third-order valence-corrected chi connectivity index (χ3v) is 2.96. The van der Waals surface area contributed by atoms with Gasteiger partial charge in [0, 0.05) is 5.69 Å². The number of imidazole rings is 1. The van der Waals surface area contributed by atoms with Crippen LogP contribution >= 0.6 is 0 Å². The number of rotatable bonds is 1. The molecule has 0 aliphatic heterocycles. The van der Waals surface area contributed by atoms with Gasteiger partial charge in [-0.2, -0.15) is 4.98 Å². The van der Waals surface area contributed by atoms with Crippen LogP contribution in [0.1, 0.15) is 11.4 Å². The second-order valence-corrected chi connectivity index (χ2v) is 4.46. The topological polar surface area (TPSA) is 89.6 Å². The average Bonchev–Trinajstić information content (AvgIpc) is 2.66. The fourth-order valence-corrected chi connectivity index (χ4v) is 2.07. The Labute approximate surface area is 108 Å². The number of fused-ring (bicyclic) bond motifs is 1. The second-order valence-electron chi connectivity index (χ2n) is 4.46. The summed E-state index contributed by atoms with van der Waals surface area (Å²) in [5, 5.41) is 0. The number of nitrogens with zero attached hydrogens (tertiary/aromatic N) is 3. The quantitative estimate of drug-likeness (QED) is 0.686. The molecule has 3 aromatic rings. The van der Waals surface area contributed by atoms with Crippen molar-refractivity contribution in [3.05, 3.63) is 46.0 Å². The van der Waals surface area contributed by atoms with Gasteiger partial charge in [0.05, 0.1) is 0 Å². The minimum atomic E-state index is -0.243. The van der Waals surface area contributed by atoms with Gasteiger partial charge in [-0.15, -0.1) is 0 Å². The summed E-state index contributed by atoms with van der Waals surface area (Å²) in [7, 11) is 0. The third-order valence-electron chi connectivity index (χ3n) is 2.96. The molecule has 0 bridgehead atoms. The number of aromatic amines is 1. The maximum atomic E-state index is 12.1. The van der Waals surface area contributed by atoms with E-state index in [1.54, 1.807) is 11.5 Å². The smallest absolute Gasteiger partial charge is 0.277 e. The Morgan fingerprint density at radius 1 is 1.16 bits per heavy atom. The van der Waals surface area contributed by atoms with E-state index >= 15 is 0 Å². The van der Waals surface area contributed by atoms with Crippen LogP contribution in [0, 0.1) is 13.8 Å². The molecule has 1 aromatic carbocycles. The van der Waals surface area contributed by atoms with Gasteiger partial charge in [0.1, 0.15) is 5.82 Å². The molecule has 0 aliphatic rings. The van der Waals surface area contributed by atoms with Gasteiger partial charge in [-0.1, -0.05) is 17.7 Å². The van der Waals surface area contributed by atoms with Crippen LogP contribution in [-0.4, -0.2) is 19.5 Å². The van der Waals surface area contributed by atoms with Gasteiger partial charge >= 0.3 is 0 Å². The minimum absolute atomic E-state index is 0.243. The fraction of sp³-hybridized carbons (Fsp3) is 0.154. The van der Waals surface area contributed by atoms with Crippen molar-refractivity contribution < 1.29 is 0 Å². The molecule has 2 aromatic heterocycles. The Morgan fingerprint density at radius 2 is 1.84 bits per heavy atom. The summed E-state index contributed by atoms with van der Waals surface area (Å²) in [6, 6.07) is 7.70. The average molecular weight is 255 g/mol. The van der Waals surface area contributed by atoms with E-state index in [1.165, 1.54) is 0 Å². The molecule has 0 fully saturated rings. The summed E-state index contributed by atoms with van der Waals surface area (Å²) in [5.41, 5.74) is 8.31. The third kappa shape index (κ3) is 1.77. The molecule has 0 atom stereocenters. The lowest BCUT2D eigenvalue weighted by Gasteiger charge is -2.05. The van der Waals surface area contributed by atoms with Crippen molar-refractivity contribution in [1.82, 2.24) is 19.5 Å². The van der Waals surface area contributed by atoms with Crippen molar-refractivity contribution in [3.63, 3.8) is 0 Å². The maximum Gasteiger partial charge on any atom is 0.277 e. The molecule has 0 unspecified atom stereocenters. The van der Waals surface area contributed by atoms with E-state index in [-0.39, 0.29) is 11.5 Å². The highest BCUT2D eigenvalue weighted by atomic mass is 16.1. The van der Waals surface area contributed by atoms with E-state index < -0.39 is 0 Å². The molecule has 2 heterocycles. The van der Waals surface area contributed by atoms with E-state index in [2.05, 4.69) is 15.0 Å². The molecular formula is C13H13N5O. The standard InChI is InChI=1S/C13H13N5O/c1-7-3-5-9(6-4-7)18-10-11(17-13(18)14)15-8(2)16-12(10)19/h3-6H,1-2H3,(H3,14,15,16,17,19). The number of anilines is 1. The minimum Gasteiger partial charge on any atom is -0.369 e. The van der Waals surface area contributed by atoms with Crippen LogP contribution in [0.15, 0.2) is 29.1 Å². The number of hydrogen-bond donors (Lipinski definition) is 2. The summed E-state index contributed by atoms with van der Waals surface area (Å²) in [4.78, 5) is 23.1. The number of nitrogen functional groups attached to an aromatic ring is 1. The predicted molar refractivity (Wildman–Crippen MR) is 73.4 cm³/mol. The van der Waals surface area contributed by atoms with Crippen molar-refractivity contribution in [1.29, 1.82) is 0 Å². The molecule has 3 rings (SSSR count). The molecule has 96 valence electrons. The first kappa shape index (κ1) is 11.5. The Hall–Kier alpha value is -2.63. The van der Waals surface area contributed by atoms with Crippen LogP contribution in [0.5, 0.6) is 0 Å². The van der Waals surface area contributed by atoms with Crippen LogP contribution < -0.4 is 11.3 Å². The van der Waals surface area contributed by atoms with E-state index in [4.69, 9.17) is 5.73 Å². The summed E-state index contributed by atoms with van der Waals surface area (Å²) in [6.45, 7) is 3.71. The molecule has 0 amide bonds. The number of nitrogens with one attached hydrogen (secondary N) is 1. The molecule has 6 nitrogen and oxygen atoms in total. The summed E-state index contributed by atoms with van der Waals surface area (Å²) >= 11 is 0. The van der Waals surface area contributed by atoms with E-state index in [0.29, 0.717) is 17.0 Å². The molecular weight excluding hydrogens is 242 g/mol. The first-order chi connectivity index (χ1) is 9.06. The lowest BCUT2D eigenvalue weighted by atomic mass is 10.2. The lowest BCUT2D eigenvalue weighted by molar-refractivity contribution is 1.03. The first-order valence-electron chi connectivity index (χ1n) is 5.88. The van der Waals surface area contributed by atoms with Crippen molar-refractivity contribution >= 4 is 17.1 Å². The maximum absolute atomic E-state index is 12.1. The van der Waals surface area contributed by atoms with Crippen LogP contribution in [0.25, 0.3) is 16.9 Å². The van der Waals surface area contributed by atoms with Gasteiger partial charge in [-0.05, 0) is 26.0 Å². The SMILES string of the molecule is Cc1ccc(-n2c(N)nc3nc(C)[nH]c(=O)c32)cc1. The van der Waals surface area contributed by atoms with Gasteiger partial charge in [0.25, 0.3) is 5.56 Å². The van der Waals surface area contributed by atoms with E-state index in [9.17, 15) is 4.79 Å². The van der Waals surface area contributed by atoms with Gasteiger partial charge in [0.2, 0.25) is 5.95 Å². The monoisotopic (exact) mass is 255 g/mol. The highest BCUT2D eigenvalue weighted by Gasteiger charge is 2.14. The molecule has 0 aliphatic carbocycles. The van der Waals surface area contributed by atoms with Crippen LogP contribution in [0.2, 0.25) is 0 Å². The molecule has 0 saturated heterocycles. The molecule has 19 heavy (non-hydrogen) atoms. The zero-order valence-corrected chi connectivity index (χ0v) is 10.6. The highest BCUT2D eigenvalue weighted by Crippen LogP contribution is 2.19. The van der Waals surface area contributed by atoms with E-state index in [0.717, 1.165) is 11.3 Å². The Bertz CT molecular complexity index is 813. The first-order valence-corrected chi connectivity index (χ1v) is 5.88. The van der Waals surface area contributed by atoms with Gasteiger partial charge in [-0.25, -0.2) is 4.98 Å². The number of aryl methyl sites for hydroxylation is 2. The highest BCUT2D eigenvalue weighted by molar-refractivity contribution is 5.76. The van der Waals surface area contributed by atoms with Crippen molar-refractivity contribution in [3.8, 4) is 5.69 Å². The number of H-pyrrole nitrogens is 1. The van der Waals surface area contributed by atoms with Crippen molar-refractivity contribution in [2.24, 2.45) is 0 Å². The van der Waals surface area contributed by atoms with Gasteiger partial charge in [0.15, 0.2) is 11.2 Å². The summed E-state index contributed by atoms with van der Waals surface area (Å²) in [6.07, 6.45) is 0. The molecule has 6 heteroatoms. The van der Waals surface area contributed by atoms with Crippen molar-refractivity contribution in [2.45, 2.75) is 13.8 Å². The fourth-order valence-electron chi connectivity index (χ4n) is 2.07. The number of nitrogens with two attached hydrogens (primary N) is 1. The molecule has 0 spiro atoms. The van der Waals surface area contributed by atoms with Gasteiger partial charge < -0.3 is 10.7 Å². The predicted octanol–water partition coefficient (Wildman–Crippen LogP) is 1.31. The van der Waals surface area contributed by atoms with Crippen LogP contribution in [0.4, 0.5) is 5.95 Å². The number of benzene rings is 1. The second kappa shape index (κ2) is 3.94. The zero-order valence-electron chi connectivity index (χ0n) is 10.6. The molecule has 0 saturated carbocycles. The number of aromatic nitrogens is 4. The van der Waals surface area contributed by atoms with Crippen molar-refractivity contribution in [2.75, 3.05) is 5.73 Å². The van der Waals surface area contributed by atoms with Crippen LogP contribution in [-0.2, 0) is 0 Å². The largest absolute Gasteiger partial charge is 0.369 e. The Kier molecular flexibility index (Phi) is 2.38. The van der Waals surface area contributed by atoms with Gasteiger partial charge in [-0.3, -0.25) is 9.36 Å². The Morgan fingerprint density at radius 3 is 2.53 bits per heavy atom. The Balaban J connectivity index is 2.38. The molecule has 0 radical (unpaired) electrons. The van der Waals surface area contributed by atoms with E-state index in [1.807, 2.05) is 31.2 Å². The summed E-state index contributed by atoms with van der Waals surface area (Å²) < 4.78 is 1.61. The lowest BCUT2D eigenvalue weighted by Crippen LogP contribution is -2.13. The summed E-state index contributed by atoms with van der Waals surface area (Å²) in [5.74, 6) is 0.772. The van der Waals surface area contributed by atoms with Crippen LogP contribution in [0.3, 0.4) is 0 Å². The number of hydrogen-bond acceptors (Lipinski definition) is 4. The normalized spacial score (nSPS) is 11.1.